The van der Waals surface area contributed by atoms with E-state index >= 15 is 0 Å². The molecule has 0 aromatic rings. The number of hydrogen-bond acceptors (Lipinski definition) is 1. The minimum absolute atomic E-state index is 0.929. The fraction of sp³-hybridized carbons (Fsp3) is 1.00. The quantitative estimate of drug-likeness (QED) is 0.468. The Balaban J connectivity index is 2.06. The Morgan fingerprint density at radius 1 is 1.10 bits per heavy atom. The highest BCUT2D eigenvalue weighted by atomic mass is 79.9. The highest BCUT2D eigenvalue weighted by molar-refractivity contribution is 9.09. The number of hydrogen-bond donors (Lipinski definition) is 0. The van der Waals surface area contributed by atoms with Gasteiger partial charge in [0.05, 0.1) is 5.45 Å². The van der Waals surface area contributed by atoms with Crippen molar-refractivity contribution in [2.45, 2.75) is 44.2 Å². The van der Waals surface area contributed by atoms with Gasteiger partial charge in [0.25, 0.3) is 0 Å². The molecule has 0 N–H and O–H groups in total. The van der Waals surface area contributed by atoms with Crippen LogP contribution in [0.4, 0.5) is 0 Å². The summed E-state index contributed by atoms with van der Waals surface area (Å²) in [4.78, 5) is 2.63. The van der Waals surface area contributed by atoms with Gasteiger partial charge < -0.3 is 0 Å². The van der Waals surface area contributed by atoms with Crippen molar-refractivity contribution in [1.82, 2.24) is 4.90 Å². The van der Waals surface area contributed by atoms with Gasteiger partial charge in [-0.2, -0.15) is 0 Å². The lowest BCUT2D eigenvalue weighted by Crippen LogP contribution is -2.38. The third kappa shape index (κ3) is 1.02. The van der Waals surface area contributed by atoms with E-state index < -0.39 is 0 Å². The Hall–Kier alpha value is 0.440. The summed E-state index contributed by atoms with van der Waals surface area (Å²) < 4.78 is 0. The van der Waals surface area contributed by atoms with Gasteiger partial charge in [-0.15, -0.1) is 0 Å². The summed E-state index contributed by atoms with van der Waals surface area (Å²) in [6.07, 6.45) is 7.27. The van der Waals surface area contributed by atoms with Crippen molar-refractivity contribution in [3.63, 3.8) is 0 Å². The van der Waals surface area contributed by atoms with Crippen molar-refractivity contribution in [1.29, 1.82) is 0 Å². The highest BCUT2D eigenvalue weighted by Crippen LogP contribution is 2.35. The van der Waals surface area contributed by atoms with Crippen LogP contribution in [-0.4, -0.2) is 22.4 Å². The van der Waals surface area contributed by atoms with Crippen LogP contribution in [0.15, 0.2) is 0 Å². The molecule has 0 radical (unpaired) electrons. The predicted molar refractivity (Wildman–Crippen MR) is 46.3 cm³/mol. The lowest BCUT2D eigenvalue weighted by molar-refractivity contribution is 0.172. The van der Waals surface area contributed by atoms with E-state index in [0.717, 1.165) is 17.5 Å². The molecule has 2 heteroatoms. The monoisotopic (exact) mass is 203 g/mol. The molecular weight excluding hydrogens is 190 g/mol. The number of nitrogens with zero attached hydrogens (tertiary/aromatic N) is 1. The second-order valence-corrected chi connectivity index (χ2v) is 3.95. The molecule has 0 aromatic carbocycles. The van der Waals surface area contributed by atoms with Crippen LogP contribution in [0.2, 0.25) is 0 Å². The zero-order valence-corrected chi connectivity index (χ0v) is 7.81. The van der Waals surface area contributed by atoms with E-state index in [2.05, 4.69) is 20.8 Å². The first-order chi connectivity index (χ1) is 4.92. The standard InChI is InChI=1S/C8H14BrN/c9-6-10-7-2-1-3-8(10)5-4-7/h7-8H,1-6H2/t7-,8+. The van der Waals surface area contributed by atoms with Gasteiger partial charge in [-0.05, 0) is 25.7 Å². The average Bonchev–Trinajstić information content (AvgIpc) is 2.19. The number of piperidine rings is 1. The SMILES string of the molecule is BrCN1[C@@H]2CCC[C@H]1CC2. The third-order valence-corrected chi connectivity index (χ3v) is 3.56. The molecule has 2 aliphatic rings. The Bertz CT molecular complexity index is 110. The molecule has 2 fully saturated rings. The van der Waals surface area contributed by atoms with E-state index in [0.29, 0.717) is 0 Å². The predicted octanol–water partition coefficient (Wildman–Crippen LogP) is 2.36. The first-order valence-corrected chi connectivity index (χ1v) is 5.35. The molecule has 1 nitrogen and oxygen atoms in total. The molecule has 0 amide bonds. The van der Waals surface area contributed by atoms with Gasteiger partial charge in [0, 0.05) is 12.1 Å². The van der Waals surface area contributed by atoms with Crippen molar-refractivity contribution in [2.75, 3.05) is 5.45 Å². The molecule has 0 spiro atoms. The van der Waals surface area contributed by atoms with Gasteiger partial charge in [0.15, 0.2) is 0 Å². The van der Waals surface area contributed by atoms with Crippen LogP contribution in [0.25, 0.3) is 0 Å². The van der Waals surface area contributed by atoms with Crippen LogP contribution in [0.1, 0.15) is 32.1 Å². The zero-order valence-electron chi connectivity index (χ0n) is 6.22. The Labute approximate surface area is 70.9 Å². The molecule has 2 rings (SSSR count). The fourth-order valence-electron chi connectivity index (χ4n) is 2.42. The summed E-state index contributed by atoms with van der Waals surface area (Å²) in [5.41, 5.74) is 1.10. The Morgan fingerprint density at radius 3 is 2.10 bits per heavy atom. The first-order valence-electron chi connectivity index (χ1n) is 4.23. The third-order valence-electron chi connectivity index (χ3n) is 2.98. The molecule has 2 atom stereocenters. The first kappa shape index (κ1) is 7.11. The van der Waals surface area contributed by atoms with E-state index in [1.54, 1.807) is 0 Å². The van der Waals surface area contributed by atoms with Gasteiger partial charge in [-0.3, -0.25) is 4.90 Å². The normalized spacial score (nSPS) is 40.5. The van der Waals surface area contributed by atoms with Crippen LogP contribution >= 0.6 is 15.9 Å². The van der Waals surface area contributed by atoms with Crippen molar-refractivity contribution in [3.8, 4) is 0 Å². The van der Waals surface area contributed by atoms with E-state index in [1.807, 2.05) is 0 Å². The number of rotatable bonds is 1. The van der Waals surface area contributed by atoms with Crippen LogP contribution in [0.5, 0.6) is 0 Å². The Morgan fingerprint density at radius 2 is 1.70 bits per heavy atom. The zero-order chi connectivity index (χ0) is 6.97. The van der Waals surface area contributed by atoms with Gasteiger partial charge in [0.2, 0.25) is 0 Å². The van der Waals surface area contributed by atoms with Crippen molar-refractivity contribution >= 4 is 15.9 Å². The second-order valence-electron chi connectivity index (χ2n) is 3.45. The van der Waals surface area contributed by atoms with Crippen LogP contribution < -0.4 is 0 Å². The molecule has 2 heterocycles. The highest BCUT2D eigenvalue weighted by Gasteiger charge is 2.35. The molecule has 2 saturated heterocycles. The Kier molecular flexibility index (Phi) is 2.01. The lowest BCUT2D eigenvalue weighted by atomic mass is 10.0. The minimum Gasteiger partial charge on any atom is -0.288 e. The molecular formula is C8H14BrN. The van der Waals surface area contributed by atoms with Crippen LogP contribution in [0, 0.1) is 0 Å². The second kappa shape index (κ2) is 2.82. The fourth-order valence-corrected chi connectivity index (χ4v) is 3.24. The van der Waals surface area contributed by atoms with Crippen molar-refractivity contribution < 1.29 is 0 Å². The summed E-state index contributed by atoms with van der Waals surface area (Å²) in [6, 6.07) is 1.86. The summed E-state index contributed by atoms with van der Waals surface area (Å²) in [5, 5.41) is 0. The van der Waals surface area contributed by atoms with Gasteiger partial charge in [0.1, 0.15) is 0 Å². The summed E-state index contributed by atoms with van der Waals surface area (Å²) in [5.74, 6) is 0. The molecule has 0 saturated carbocycles. The van der Waals surface area contributed by atoms with E-state index in [-0.39, 0.29) is 0 Å². The van der Waals surface area contributed by atoms with Gasteiger partial charge >= 0.3 is 0 Å². The lowest BCUT2D eigenvalue weighted by Gasteiger charge is -2.32. The molecule has 10 heavy (non-hydrogen) atoms. The van der Waals surface area contributed by atoms with Crippen LogP contribution in [0.3, 0.4) is 0 Å². The average molecular weight is 204 g/mol. The largest absolute Gasteiger partial charge is 0.288 e. The van der Waals surface area contributed by atoms with E-state index in [4.69, 9.17) is 0 Å². The molecule has 2 bridgehead atoms. The van der Waals surface area contributed by atoms with Crippen LogP contribution in [-0.2, 0) is 0 Å². The molecule has 2 aliphatic heterocycles. The number of halogens is 1. The summed E-state index contributed by atoms with van der Waals surface area (Å²) >= 11 is 3.56. The number of alkyl halides is 1. The smallest absolute Gasteiger partial charge is 0.0548 e. The molecule has 0 unspecified atom stereocenters. The van der Waals surface area contributed by atoms with Crippen molar-refractivity contribution in [3.05, 3.63) is 0 Å². The van der Waals surface area contributed by atoms with E-state index in [1.165, 1.54) is 32.1 Å². The maximum absolute atomic E-state index is 3.56. The molecule has 0 aliphatic carbocycles. The summed E-state index contributed by atoms with van der Waals surface area (Å²) in [7, 11) is 0. The minimum atomic E-state index is 0.929. The maximum atomic E-state index is 3.56. The molecule has 58 valence electrons. The van der Waals surface area contributed by atoms with Gasteiger partial charge in [-0.25, -0.2) is 0 Å². The number of fused-ring (bicyclic) bond motifs is 2. The van der Waals surface area contributed by atoms with E-state index in [9.17, 15) is 0 Å². The topological polar surface area (TPSA) is 3.24 Å². The van der Waals surface area contributed by atoms with Gasteiger partial charge in [-0.1, -0.05) is 22.4 Å². The molecule has 0 aromatic heterocycles. The van der Waals surface area contributed by atoms with Crippen molar-refractivity contribution in [2.24, 2.45) is 0 Å². The summed E-state index contributed by atoms with van der Waals surface area (Å²) in [6.45, 7) is 0. The maximum Gasteiger partial charge on any atom is 0.0548 e.